The molecule has 1 unspecified atom stereocenters. The molecule has 1 amide bonds. The molecule has 1 saturated carbocycles. The molecule has 1 N–H and O–H groups in total. The van der Waals surface area contributed by atoms with Crippen LogP contribution in [0.25, 0.3) is 11.1 Å². The third-order valence-electron chi connectivity index (χ3n) is 6.79. The number of piperidine rings is 1. The van der Waals surface area contributed by atoms with Crippen molar-refractivity contribution in [2.24, 2.45) is 11.8 Å². The first-order valence-corrected chi connectivity index (χ1v) is 10.3. The van der Waals surface area contributed by atoms with Gasteiger partial charge in [0.1, 0.15) is 23.9 Å². The molecule has 9 nitrogen and oxygen atoms in total. The maximum absolute atomic E-state index is 15.0. The molecule has 160 valence electrons. The number of hydrogen-bond acceptors (Lipinski definition) is 7. The topological polar surface area (TPSA) is 109 Å². The standard InChI is InChI=1S/C22H18FN7O2/c23-18-5-14(30-9-20(32-21(30)31)29-11-27-28-12-29)2-3-15(18)13-1-4-19(26-6-13)22(10-24)16-7-25-8-17(16)22/h1-6,11-12,16-17,20,25H,7-9H2/t16-,17+,20?,22+. The third-order valence-corrected chi connectivity index (χ3v) is 6.79. The zero-order chi connectivity index (χ0) is 21.9. The van der Waals surface area contributed by atoms with Gasteiger partial charge in [-0.25, -0.2) is 9.18 Å². The van der Waals surface area contributed by atoms with E-state index in [0.29, 0.717) is 28.7 Å². The summed E-state index contributed by atoms with van der Waals surface area (Å²) in [5.74, 6) is 0.119. The number of halogens is 1. The van der Waals surface area contributed by atoms with Gasteiger partial charge < -0.3 is 10.1 Å². The van der Waals surface area contributed by atoms with Crippen LogP contribution in [-0.4, -0.2) is 45.5 Å². The predicted molar refractivity (Wildman–Crippen MR) is 110 cm³/mol. The van der Waals surface area contributed by atoms with Crippen LogP contribution in [0.2, 0.25) is 0 Å². The van der Waals surface area contributed by atoms with E-state index in [1.165, 1.54) is 23.6 Å². The summed E-state index contributed by atoms with van der Waals surface area (Å²) < 4.78 is 21.9. The van der Waals surface area contributed by atoms with Crippen molar-refractivity contribution < 1.29 is 13.9 Å². The van der Waals surface area contributed by atoms with Gasteiger partial charge in [-0.05, 0) is 24.3 Å². The zero-order valence-corrected chi connectivity index (χ0v) is 16.8. The molecule has 2 saturated heterocycles. The molecular formula is C22H18FN7O2. The molecule has 10 heteroatoms. The van der Waals surface area contributed by atoms with Gasteiger partial charge in [0.05, 0.1) is 24.0 Å². The van der Waals surface area contributed by atoms with Crippen LogP contribution in [0, 0.1) is 29.0 Å². The average Bonchev–Trinajstić information content (AvgIpc) is 3.36. The second kappa shape index (κ2) is 6.83. The molecule has 1 aromatic carbocycles. The predicted octanol–water partition coefficient (Wildman–Crippen LogP) is 2.25. The van der Waals surface area contributed by atoms with Crippen LogP contribution < -0.4 is 10.2 Å². The van der Waals surface area contributed by atoms with Gasteiger partial charge in [0, 0.05) is 42.2 Å². The van der Waals surface area contributed by atoms with E-state index < -0.39 is 23.6 Å². The minimum atomic E-state index is -0.568. The smallest absolute Gasteiger partial charge is 0.416 e. The van der Waals surface area contributed by atoms with Crippen molar-refractivity contribution in [3.05, 3.63) is 60.7 Å². The number of rotatable bonds is 4. The van der Waals surface area contributed by atoms with E-state index >= 15 is 0 Å². The molecule has 0 radical (unpaired) electrons. The minimum absolute atomic E-state index is 0.222. The third kappa shape index (κ3) is 2.64. The molecule has 1 aliphatic carbocycles. The second-order valence-corrected chi connectivity index (χ2v) is 8.31. The van der Waals surface area contributed by atoms with Gasteiger partial charge in [-0.3, -0.25) is 14.5 Å². The van der Waals surface area contributed by atoms with Crippen molar-refractivity contribution in [3.63, 3.8) is 0 Å². The molecule has 0 bridgehead atoms. The monoisotopic (exact) mass is 431 g/mol. The van der Waals surface area contributed by atoms with Crippen molar-refractivity contribution in [1.29, 1.82) is 5.26 Å². The summed E-state index contributed by atoms with van der Waals surface area (Å²) in [6, 6.07) is 10.7. The number of nitrogens with zero attached hydrogens (tertiary/aromatic N) is 6. The van der Waals surface area contributed by atoms with Crippen LogP contribution in [0.15, 0.2) is 49.2 Å². The normalized spacial score (nSPS) is 28.3. The number of carbonyl (C=O) groups excluding carboxylic acids is 1. The number of benzene rings is 1. The number of hydrogen-bond donors (Lipinski definition) is 1. The number of amides is 1. The van der Waals surface area contributed by atoms with Gasteiger partial charge in [-0.1, -0.05) is 6.07 Å². The summed E-state index contributed by atoms with van der Waals surface area (Å²) >= 11 is 0. The number of ether oxygens (including phenoxy) is 1. The lowest BCUT2D eigenvalue weighted by atomic mass is 9.96. The van der Waals surface area contributed by atoms with Gasteiger partial charge in [0.15, 0.2) is 0 Å². The molecule has 0 spiro atoms. The van der Waals surface area contributed by atoms with Crippen LogP contribution in [0.5, 0.6) is 0 Å². The highest BCUT2D eigenvalue weighted by molar-refractivity contribution is 5.90. The number of fused-ring (bicyclic) bond motifs is 1. The lowest BCUT2D eigenvalue weighted by Gasteiger charge is -2.15. The first kappa shape index (κ1) is 18.9. The minimum Gasteiger partial charge on any atom is -0.423 e. The average molecular weight is 431 g/mol. The molecule has 3 fully saturated rings. The summed E-state index contributed by atoms with van der Waals surface area (Å²) in [6.45, 7) is 1.88. The molecule has 32 heavy (non-hydrogen) atoms. The highest BCUT2D eigenvalue weighted by atomic mass is 19.1. The summed E-state index contributed by atoms with van der Waals surface area (Å²) in [6.07, 6.45) is 3.41. The van der Waals surface area contributed by atoms with Gasteiger partial charge in [-0.2, -0.15) is 5.26 Å². The molecular weight excluding hydrogens is 413 g/mol. The molecule has 6 rings (SSSR count). The van der Waals surface area contributed by atoms with Crippen molar-refractivity contribution in [2.75, 3.05) is 24.5 Å². The Morgan fingerprint density at radius 3 is 2.62 bits per heavy atom. The molecule has 3 aromatic rings. The molecule has 2 aromatic heterocycles. The maximum Gasteiger partial charge on any atom is 0.416 e. The number of carbonyl (C=O) groups is 1. The number of nitriles is 1. The highest BCUT2D eigenvalue weighted by Gasteiger charge is 2.69. The maximum atomic E-state index is 15.0. The first-order valence-electron chi connectivity index (χ1n) is 10.3. The number of anilines is 1. The SMILES string of the molecule is N#C[C@]1(c2ccc(-c3ccc(N4CC(n5cnnc5)OC4=O)cc3F)cn2)[C@@H]2CNC[C@@H]21. The fourth-order valence-electron chi connectivity index (χ4n) is 5.02. The number of pyridine rings is 1. The summed E-state index contributed by atoms with van der Waals surface area (Å²) in [7, 11) is 0. The van der Waals surface area contributed by atoms with E-state index in [1.54, 1.807) is 29.0 Å². The Morgan fingerprint density at radius 1 is 1.19 bits per heavy atom. The molecule has 4 atom stereocenters. The van der Waals surface area contributed by atoms with E-state index in [4.69, 9.17) is 4.74 Å². The second-order valence-electron chi connectivity index (χ2n) is 8.31. The Labute approximate surface area is 182 Å². The van der Waals surface area contributed by atoms with Crippen molar-refractivity contribution in [2.45, 2.75) is 11.6 Å². The highest BCUT2D eigenvalue weighted by Crippen LogP contribution is 2.60. The molecule has 3 aliphatic rings. The van der Waals surface area contributed by atoms with E-state index in [0.717, 1.165) is 18.8 Å². The fraction of sp³-hybridized carbons (Fsp3) is 0.318. The van der Waals surface area contributed by atoms with Gasteiger partial charge in [0.25, 0.3) is 0 Å². The Bertz CT molecular complexity index is 1230. The van der Waals surface area contributed by atoms with Crippen molar-refractivity contribution >= 4 is 11.8 Å². The van der Waals surface area contributed by atoms with Gasteiger partial charge in [0.2, 0.25) is 6.23 Å². The first-order chi connectivity index (χ1) is 15.6. The Morgan fingerprint density at radius 2 is 1.97 bits per heavy atom. The van der Waals surface area contributed by atoms with Gasteiger partial charge in [-0.15, -0.1) is 10.2 Å². The van der Waals surface area contributed by atoms with E-state index in [2.05, 4.69) is 26.6 Å². The van der Waals surface area contributed by atoms with Crippen LogP contribution >= 0.6 is 0 Å². The Kier molecular flexibility index (Phi) is 4.03. The fourth-order valence-corrected chi connectivity index (χ4v) is 5.02. The van der Waals surface area contributed by atoms with E-state index in [-0.39, 0.29) is 6.54 Å². The molecule has 2 aliphatic heterocycles. The zero-order valence-electron chi connectivity index (χ0n) is 16.8. The number of nitrogens with one attached hydrogen (secondary N) is 1. The number of aromatic nitrogens is 4. The van der Waals surface area contributed by atoms with E-state index in [9.17, 15) is 14.4 Å². The Balaban J connectivity index is 1.23. The van der Waals surface area contributed by atoms with Crippen LogP contribution in [0.4, 0.5) is 14.9 Å². The summed E-state index contributed by atoms with van der Waals surface area (Å²) in [5, 5.41) is 20.5. The lowest BCUT2D eigenvalue weighted by molar-refractivity contribution is 0.102. The quantitative estimate of drug-likeness (QED) is 0.675. The van der Waals surface area contributed by atoms with Crippen molar-refractivity contribution in [1.82, 2.24) is 25.1 Å². The largest absolute Gasteiger partial charge is 0.423 e. The van der Waals surface area contributed by atoms with Crippen LogP contribution in [0.1, 0.15) is 11.9 Å². The van der Waals surface area contributed by atoms with Crippen LogP contribution in [-0.2, 0) is 10.2 Å². The lowest BCUT2D eigenvalue weighted by Crippen LogP contribution is -2.25. The summed E-state index contributed by atoms with van der Waals surface area (Å²) in [5.41, 5.74) is 1.61. The number of cyclic esters (lactones) is 1. The van der Waals surface area contributed by atoms with Crippen molar-refractivity contribution in [3.8, 4) is 17.2 Å². The van der Waals surface area contributed by atoms with E-state index in [1.807, 2.05) is 6.07 Å². The Hall–Kier alpha value is -3.84. The van der Waals surface area contributed by atoms with Crippen LogP contribution in [0.3, 0.4) is 0 Å². The summed E-state index contributed by atoms with van der Waals surface area (Å²) in [4.78, 5) is 18.2. The van der Waals surface area contributed by atoms with Gasteiger partial charge >= 0.3 is 6.09 Å². The molecule has 4 heterocycles.